The van der Waals surface area contributed by atoms with Gasteiger partial charge in [0.15, 0.2) is 5.82 Å². The second kappa shape index (κ2) is 3.77. The fourth-order valence-corrected chi connectivity index (χ4v) is 1.24. The van der Waals surface area contributed by atoms with Crippen molar-refractivity contribution in [2.45, 2.75) is 0 Å². The van der Waals surface area contributed by atoms with Crippen LogP contribution in [0, 0.1) is 21.7 Å². The lowest BCUT2D eigenvalue weighted by molar-refractivity contribution is -0.387. The SMILES string of the molecule is O=c1[nH]c(-c2c(F)ccc([N+](=O)[O-])c2F)no1. The van der Waals surface area contributed by atoms with Crippen LogP contribution in [-0.2, 0) is 0 Å². The molecule has 2 aromatic rings. The van der Waals surface area contributed by atoms with E-state index in [0.717, 1.165) is 0 Å². The zero-order valence-electron chi connectivity index (χ0n) is 7.94. The maximum Gasteiger partial charge on any atom is 0.439 e. The molecule has 1 N–H and O–H groups in total. The summed E-state index contributed by atoms with van der Waals surface area (Å²) in [4.78, 5) is 22.0. The molecule has 1 aromatic heterocycles. The number of hydrogen-bond acceptors (Lipinski definition) is 5. The van der Waals surface area contributed by atoms with E-state index in [9.17, 15) is 23.7 Å². The molecular formula is C8H3F2N3O4. The van der Waals surface area contributed by atoms with Gasteiger partial charge >= 0.3 is 11.4 Å². The Morgan fingerprint density at radius 3 is 2.65 bits per heavy atom. The van der Waals surface area contributed by atoms with Crippen LogP contribution in [0.4, 0.5) is 14.5 Å². The molecule has 0 amide bonds. The Balaban J connectivity index is 2.72. The molecule has 1 heterocycles. The van der Waals surface area contributed by atoms with Crippen LogP contribution >= 0.6 is 0 Å². The summed E-state index contributed by atoms with van der Waals surface area (Å²) in [6.45, 7) is 0. The molecule has 0 aliphatic rings. The molecule has 0 saturated carbocycles. The number of aromatic amines is 1. The van der Waals surface area contributed by atoms with Gasteiger partial charge in [0.1, 0.15) is 5.82 Å². The van der Waals surface area contributed by atoms with Crippen molar-refractivity contribution in [2.75, 3.05) is 0 Å². The molecule has 88 valence electrons. The molecule has 0 aliphatic heterocycles. The van der Waals surface area contributed by atoms with Gasteiger partial charge in [-0.3, -0.25) is 19.6 Å². The summed E-state index contributed by atoms with van der Waals surface area (Å²) < 4.78 is 31.0. The van der Waals surface area contributed by atoms with Crippen LogP contribution in [0.1, 0.15) is 0 Å². The van der Waals surface area contributed by atoms with E-state index in [0.29, 0.717) is 12.1 Å². The molecule has 0 atom stereocenters. The number of benzene rings is 1. The maximum atomic E-state index is 13.6. The number of nitrogens with zero attached hydrogens (tertiary/aromatic N) is 2. The average Bonchev–Trinajstić information content (AvgIpc) is 2.64. The summed E-state index contributed by atoms with van der Waals surface area (Å²) in [6, 6.07) is 1.37. The summed E-state index contributed by atoms with van der Waals surface area (Å²) in [5.74, 6) is -4.10. The quantitative estimate of drug-likeness (QED) is 0.630. The van der Waals surface area contributed by atoms with Crippen LogP contribution in [-0.4, -0.2) is 15.1 Å². The first-order valence-electron chi connectivity index (χ1n) is 4.19. The third kappa shape index (κ3) is 1.77. The molecule has 0 fully saturated rings. The minimum atomic E-state index is -1.43. The molecule has 0 radical (unpaired) electrons. The number of halogens is 2. The highest BCUT2D eigenvalue weighted by molar-refractivity contribution is 5.60. The smallest absolute Gasteiger partial charge is 0.296 e. The van der Waals surface area contributed by atoms with E-state index < -0.39 is 39.4 Å². The van der Waals surface area contributed by atoms with Gasteiger partial charge in [-0.15, -0.1) is 0 Å². The van der Waals surface area contributed by atoms with Crippen LogP contribution in [0.3, 0.4) is 0 Å². The number of H-pyrrole nitrogens is 1. The van der Waals surface area contributed by atoms with E-state index >= 15 is 0 Å². The molecule has 1 aromatic carbocycles. The zero-order chi connectivity index (χ0) is 12.6. The third-order valence-electron chi connectivity index (χ3n) is 1.94. The molecular weight excluding hydrogens is 240 g/mol. The predicted octanol–water partition coefficient (Wildman–Crippen LogP) is 1.22. The number of rotatable bonds is 2. The van der Waals surface area contributed by atoms with Crippen molar-refractivity contribution >= 4 is 5.69 Å². The number of nitrogens with one attached hydrogen (secondary N) is 1. The molecule has 7 nitrogen and oxygen atoms in total. The van der Waals surface area contributed by atoms with Crippen molar-refractivity contribution in [2.24, 2.45) is 0 Å². The topological polar surface area (TPSA) is 102 Å². The van der Waals surface area contributed by atoms with Crippen molar-refractivity contribution in [3.8, 4) is 11.4 Å². The van der Waals surface area contributed by atoms with E-state index in [2.05, 4.69) is 9.68 Å². The van der Waals surface area contributed by atoms with Crippen LogP contribution in [0.15, 0.2) is 21.5 Å². The minimum absolute atomic E-state index is 0.548. The standard InChI is InChI=1S/C8H3F2N3O4/c9-3-1-2-4(13(15)16)6(10)5(3)7-11-8(14)17-12-7/h1-2H,(H,11,12,14). The molecule has 17 heavy (non-hydrogen) atoms. The Morgan fingerprint density at radius 1 is 1.41 bits per heavy atom. The Bertz CT molecular complexity index is 648. The van der Waals surface area contributed by atoms with Gasteiger partial charge in [0.05, 0.1) is 10.5 Å². The molecule has 0 saturated heterocycles. The van der Waals surface area contributed by atoms with Gasteiger partial charge in [-0.2, -0.15) is 4.39 Å². The molecule has 0 spiro atoms. The van der Waals surface area contributed by atoms with E-state index in [1.54, 1.807) is 0 Å². The average molecular weight is 243 g/mol. The Hall–Kier alpha value is -2.58. The molecule has 2 rings (SSSR count). The normalized spacial score (nSPS) is 10.5. The van der Waals surface area contributed by atoms with Crippen LogP contribution in [0.2, 0.25) is 0 Å². The minimum Gasteiger partial charge on any atom is -0.296 e. The lowest BCUT2D eigenvalue weighted by atomic mass is 10.1. The molecule has 0 bridgehead atoms. The van der Waals surface area contributed by atoms with Crippen LogP contribution in [0.5, 0.6) is 0 Å². The first kappa shape index (κ1) is 10.9. The first-order chi connectivity index (χ1) is 8.00. The summed E-state index contributed by atoms with van der Waals surface area (Å²) in [5, 5.41) is 13.5. The van der Waals surface area contributed by atoms with Gasteiger partial charge in [-0.05, 0) is 6.07 Å². The van der Waals surface area contributed by atoms with Crippen molar-refractivity contribution in [3.05, 3.63) is 44.4 Å². The Kier molecular flexibility index (Phi) is 2.42. The summed E-state index contributed by atoms with van der Waals surface area (Å²) >= 11 is 0. The second-order valence-electron chi connectivity index (χ2n) is 2.96. The predicted molar refractivity (Wildman–Crippen MR) is 49.1 cm³/mol. The van der Waals surface area contributed by atoms with Gasteiger partial charge < -0.3 is 0 Å². The Morgan fingerprint density at radius 2 is 2.12 bits per heavy atom. The maximum absolute atomic E-state index is 13.6. The Labute approximate surface area is 90.8 Å². The highest BCUT2D eigenvalue weighted by Gasteiger charge is 2.24. The van der Waals surface area contributed by atoms with E-state index in [1.807, 2.05) is 4.98 Å². The van der Waals surface area contributed by atoms with Gasteiger partial charge in [0.2, 0.25) is 5.82 Å². The van der Waals surface area contributed by atoms with Crippen molar-refractivity contribution < 1.29 is 18.2 Å². The van der Waals surface area contributed by atoms with Gasteiger partial charge in [0, 0.05) is 6.07 Å². The highest BCUT2D eigenvalue weighted by Crippen LogP contribution is 2.28. The molecule has 0 unspecified atom stereocenters. The third-order valence-corrected chi connectivity index (χ3v) is 1.94. The first-order valence-corrected chi connectivity index (χ1v) is 4.19. The number of hydrogen-bond donors (Lipinski definition) is 1. The van der Waals surface area contributed by atoms with Crippen molar-refractivity contribution in [3.63, 3.8) is 0 Å². The van der Waals surface area contributed by atoms with Crippen LogP contribution < -0.4 is 5.76 Å². The number of nitro groups is 1. The second-order valence-corrected chi connectivity index (χ2v) is 2.96. The summed E-state index contributed by atoms with van der Waals surface area (Å²) in [6.07, 6.45) is 0. The lowest BCUT2D eigenvalue weighted by Gasteiger charge is -2.00. The zero-order valence-corrected chi connectivity index (χ0v) is 7.94. The molecule has 0 aliphatic carbocycles. The van der Waals surface area contributed by atoms with Gasteiger partial charge in [0.25, 0.3) is 0 Å². The largest absolute Gasteiger partial charge is 0.439 e. The van der Waals surface area contributed by atoms with E-state index in [1.165, 1.54) is 0 Å². The highest BCUT2D eigenvalue weighted by atomic mass is 19.1. The summed E-state index contributed by atoms with van der Waals surface area (Å²) in [7, 11) is 0. The fourth-order valence-electron chi connectivity index (χ4n) is 1.24. The number of nitro benzene ring substituents is 1. The summed E-state index contributed by atoms with van der Waals surface area (Å²) in [5.41, 5.74) is -1.74. The van der Waals surface area contributed by atoms with Gasteiger partial charge in [-0.25, -0.2) is 9.18 Å². The van der Waals surface area contributed by atoms with Crippen LogP contribution in [0.25, 0.3) is 11.4 Å². The number of aromatic nitrogens is 2. The monoisotopic (exact) mass is 243 g/mol. The fraction of sp³-hybridized carbons (Fsp3) is 0. The van der Waals surface area contributed by atoms with E-state index in [-0.39, 0.29) is 0 Å². The van der Waals surface area contributed by atoms with Crippen molar-refractivity contribution in [1.82, 2.24) is 10.1 Å². The van der Waals surface area contributed by atoms with Crippen molar-refractivity contribution in [1.29, 1.82) is 0 Å². The van der Waals surface area contributed by atoms with Gasteiger partial charge in [-0.1, -0.05) is 5.16 Å². The van der Waals surface area contributed by atoms with E-state index in [4.69, 9.17) is 0 Å². The molecule has 9 heteroatoms. The lowest BCUT2D eigenvalue weighted by Crippen LogP contribution is -2.00.